The van der Waals surface area contributed by atoms with Gasteiger partial charge in [-0.05, 0) is 59.5 Å². The smallest absolute Gasteiger partial charge is 0.225 e. The van der Waals surface area contributed by atoms with Crippen LogP contribution in [0.2, 0.25) is 0 Å². The zero-order chi connectivity index (χ0) is 22.3. The van der Waals surface area contributed by atoms with Crippen molar-refractivity contribution < 1.29 is 4.79 Å². The standard InChI is InChI=1S/C21H21BrN8OS/c1-21(19(31)23-2)8-7-13(9-21)26-20-24-10-15-16(22)29-30(17(15)27-20)14-5-3-12(4-6-14)18-28-25-11-32-18/h3-6,10-11,13H,7-9H2,1-2H3,(H,23,31)(H,24,26,27)/t13-,21-/m1/s1. The largest absolute Gasteiger partial charge is 0.359 e. The Hall–Kier alpha value is -2.92. The number of amides is 1. The summed E-state index contributed by atoms with van der Waals surface area (Å²) in [5, 5.41) is 20.5. The van der Waals surface area contributed by atoms with Gasteiger partial charge in [0.25, 0.3) is 0 Å². The summed E-state index contributed by atoms with van der Waals surface area (Å²) in [7, 11) is 1.69. The number of nitrogens with zero attached hydrogens (tertiary/aromatic N) is 6. The zero-order valence-corrected chi connectivity index (χ0v) is 19.9. The number of hydrogen-bond donors (Lipinski definition) is 2. The fourth-order valence-electron chi connectivity index (χ4n) is 4.22. The van der Waals surface area contributed by atoms with Crippen LogP contribution in [-0.4, -0.2) is 48.9 Å². The van der Waals surface area contributed by atoms with Crippen LogP contribution in [0.5, 0.6) is 0 Å². The van der Waals surface area contributed by atoms with Crippen molar-refractivity contribution in [3.63, 3.8) is 0 Å². The van der Waals surface area contributed by atoms with E-state index in [2.05, 4.69) is 46.8 Å². The Morgan fingerprint density at radius 2 is 2.12 bits per heavy atom. The number of nitrogens with one attached hydrogen (secondary N) is 2. The third kappa shape index (κ3) is 3.75. The number of fused-ring (bicyclic) bond motifs is 1. The van der Waals surface area contributed by atoms with Gasteiger partial charge in [-0.1, -0.05) is 18.3 Å². The van der Waals surface area contributed by atoms with Crippen LogP contribution in [0.1, 0.15) is 26.2 Å². The Balaban J connectivity index is 1.42. The average molecular weight is 513 g/mol. The molecule has 3 heterocycles. The van der Waals surface area contributed by atoms with Crippen molar-refractivity contribution in [2.24, 2.45) is 5.41 Å². The normalized spacial score (nSPS) is 20.5. The van der Waals surface area contributed by atoms with Crippen molar-refractivity contribution in [2.45, 2.75) is 32.2 Å². The summed E-state index contributed by atoms with van der Waals surface area (Å²) >= 11 is 5.02. The molecule has 0 bridgehead atoms. The number of carbonyl (C=O) groups is 1. The minimum Gasteiger partial charge on any atom is -0.359 e. The first-order valence-electron chi connectivity index (χ1n) is 10.2. The van der Waals surface area contributed by atoms with E-state index in [1.807, 2.05) is 31.2 Å². The topological polar surface area (TPSA) is 111 Å². The summed E-state index contributed by atoms with van der Waals surface area (Å²) in [5.74, 6) is 0.611. The number of rotatable bonds is 5. The Bertz CT molecular complexity index is 1270. The number of benzene rings is 1. The van der Waals surface area contributed by atoms with E-state index in [9.17, 15) is 4.79 Å². The SMILES string of the molecule is CNC(=O)[C@]1(C)CC[C@@H](Nc2ncc3c(Br)nn(-c4ccc(-c5nncs5)cc4)c3n2)C1. The monoisotopic (exact) mass is 512 g/mol. The molecule has 1 aliphatic rings. The Morgan fingerprint density at radius 3 is 2.84 bits per heavy atom. The highest BCUT2D eigenvalue weighted by Crippen LogP contribution is 2.39. The van der Waals surface area contributed by atoms with E-state index >= 15 is 0 Å². The maximum Gasteiger partial charge on any atom is 0.225 e. The molecule has 9 nitrogen and oxygen atoms in total. The lowest BCUT2D eigenvalue weighted by molar-refractivity contribution is -0.129. The first-order chi connectivity index (χ1) is 15.5. The average Bonchev–Trinajstić information content (AvgIpc) is 3.54. The van der Waals surface area contributed by atoms with Crippen molar-refractivity contribution in [3.05, 3.63) is 40.6 Å². The second kappa shape index (κ2) is 8.21. The van der Waals surface area contributed by atoms with Gasteiger partial charge in [0.15, 0.2) is 5.65 Å². The molecule has 4 aromatic rings. The molecule has 1 aliphatic carbocycles. The molecule has 11 heteroatoms. The molecule has 0 radical (unpaired) electrons. The van der Waals surface area contributed by atoms with Crippen LogP contribution in [-0.2, 0) is 4.79 Å². The third-order valence-electron chi connectivity index (χ3n) is 5.95. The van der Waals surface area contributed by atoms with E-state index in [1.54, 1.807) is 23.4 Å². The van der Waals surface area contributed by atoms with Crippen molar-refractivity contribution >= 4 is 50.2 Å². The van der Waals surface area contributed by atoms with Crippen molar-refractivity contribution in [3.8, 4) is 16.3 Å². The molecule has 5 rings (SSSR count). The molecule has 0 saturated heterocycles. The second-order valence-electron chi connectivity index (χ2n) is 8.15. The lowest BCUT2D eigenvalue weighted by Gasteiger charge is -2.22. The fraction of sp³-hybridized carbons (Fsp3) is 0.333. The van der Waals surface area contributed by atoms with Crippen molar-refractivity contribution in [1.82, 2.24) is 35.3 Å². The lowest BCUT2D eigenvalue weighted by Crippen LogP contribution is -2.35. The summed E-state index contributed by atoms with van der Waals surface area (Å²) in [5.41, 5.74) is 3.94. The van der Waals surface area contributed by atoms with Crippen LogP contribution < -0.4 is 10.6 Å². The van der Waals surface area contributed by atoms with Gasteiger partial charge in [-0.3, -0.25) is 4.79 Å². The molecule has 0 spiro atoms. The first-order valence-corrected chi connectivity index (χ1v) is 11.9. The predicted octanol–water partition coefficient (Wildman–Crippen LogP) is 3.81. The molecule has 2 atom stereocenters. The maximum absolute atomic E-state index is 12.2. The molecule has 2 N–H and O–H groups in total. The molecule has 1 aromatic carbocycles. The van der Waals surface area contributed by atoms with E-state index in [0.717, 1.165) is 40.9 Å². The molecule has 1 fully saturated rings. The predicted molar refractivity (Wildman–Crippen MR) is 127 cm³/mol. The molecule has 164 valence electrons. The maximum atomic E-state index is 12.2. The summed E-state index contributed by atoms with van der Waals surface area (Å²) in [6.07, 6.45) is 4.23. The highest BCUT2D eigenvalue weighted by atomic mass is 79.9. The summed E-state index contributed by atoms with van der Waals surface area (Å²) < 4.78 is 2.47. The van der Waals surface area contributed by atoms with Crippen LogP contribution in [0.15, 0.2) is 40.6 Å². The molecule has 1 saturated carbocycles. The molecular weight excluding hydrogens is 492 g/mol. The van der Waals surface area contributed by atoms with E-state index in [0.29, 0.717) is 16.2 Å². The van der Waals surface area contributed by atoms with Crippen LogP contribution in [0.25, 0.3) is 27.3 Å². The van der Waals surface area contributed by atoms with Gasteiger partial charge in [0, 0.05) is 30.3 Å². The number of halogens is 1. The lowest BCUT2D eigenvalue weighted by atomic mass is 9.87. The van der Waals surface area contributed by atoms with Gasteiger partial charge < -0.3 is 10.6 Å². The zero-order valence-electron chi connectivity index (χ0n) is 17.5. The second-order valence-corrected chi connectivity index (χ2v) is 9.73. The van der Waals surface area contributed by atoms with Crippen LogP contribution >= 0.6 is 27.3 Å². The Morgan fingerprint density at radius 1 is 1.31 bits per heavy atom. The third-order valence-corrected chi connectivity index (χ3v) is 7.27. The molecule has 32 heavy (non-hydrogen) atoms. The number of carbonyl (C=O) groups excluding carboxylic acids is 1. The molecule has 3 aromatic heterocycles. The van der Waals surface area contributed by atoms with E-state index in [1.165, 1.54) is 11.3 Å². The highest BCUT2D eigenvalue weighted by Gasteiger charge is 2.40. The van der Waals surface area contributed by atoms with Crippen LogP contribution in [0.4, 0.5) is 5.95 Å². The van der Waals surface area contributed by atoms with Gasteiger partial charge >= 0.3 is 0 Å². The van der Waals surface area contributed by atoms with Gasteiger partial charge in [0.2, 0.25) is 11.9 Å². The molecule has 0 unspecified atom stereocenters. The summed E-state index contributed by atoms with van der Waals surface area (Å²) in [4.78, 5) is 21.4. The molecular formula is C21H21BrN8OS. The minimum absolute atomic E-state index is 0.0807. The van der Waals surface area contributed by atoms with E-state index in [4.69, 9.17) is 4.98 Å². The van der Waals surface area contributed by atoms with E-state index in [-0.39, 0.29) is 17.4 Å². The number of aromatic nitrogens is 6. The minimum atomic E-state index is -0.365. The summed E-state index contributed by atoms with van der Waals surface area (Å²) in [6.45, 7) is 2.01. The van der Waals surface area contributed by atoms with Gasteiger partial charge in [0.1, 0.15) is 15.1 Å². The number of hydrogen-bond acceptors (Lipinski definition) is 8. The van der Waals surface area contributed by atoms with Crippen molar-refractivity contribution in [2.75, 3.05) is 12.4 Å². The Labute approximate surface area is 196 Å². The molecule has 0 aliphatic heterocycles. The van der Waals surface area contributed by atoms with Gasteiger partial charge in [0.05, 0.1) is 11.1 Å². The van der Waals surface area contributed by atoms with Crippen LogP contribution in [0, 0.1) is 5.41 Å². The Kier molecular flexibility index (Phi) is 5.38. The fourth-order valence-corrected chi connectivity index (χ4v) is 5.22. The van der Waals surface area contributed by atoms with E-state index < -0.39 is 0 Å². The molecule has 1 amide bonds. The van der Waals surface area contributed by atoms with Gasteiger partial charge in [-0.25, -0.2) is 9.67 Å². The summed E-state index contributed by atoms with van der Waals surface area (Å²) in [6, 6.07) is 8.10. The van der Waals surface area contributed by atoms with Crippen molar-refractivity contribution in [1.29, 1.82) is 0 Å². The quantitative estimate of drug-likeness (QED) is 0.418. The highest BCUT2D eigenvalue weighted by molar-refractivity contribution is 9.10. The van der Waals surface area contributed by atoms with Crippen LogP contribution in [0.3, 0.4) is 0 Å². The van der Waals surface area contributed by atoms with Gasteiger partial charge in [-0.15, -0.1) is 10.2 Å². The number of anilines is 1. The van der Waals surface area contributed by atoms with Gasteiger partial charge in [-0.2, -0.15) is 10.1 Å². The first kappa shape index (κ1) is 21.0.